The maximum absolute atomic E-state index is 4.10. The molecule has 1 heteroatoms. The van der Waals surface area contributed by atoms with Gasteiger partial charge in [0.1, 0.15) is 0 Å². The third kappa shape index (κ3) is 2.44. The van der Waals surface area contributed by atoms with Crippen LogP contribution in [0.4, 0.5) is 0 Å². The van der Waals surface area contributed by atoms with Gasteiger partial charge >= 0.3 is 0 Å². The summed E-state index contributed by atoms with van der Waals surface area (Å²) >= 11 is 4.10. The molecular formula is C9H11S. The summed E-state index contributed by atoms with van der Waals surface area (Å²) in [6.07, 6.45) is 3.18. The molecular weight excluding hydrogens is 140 g/mol. The number of benzene rings is 1. The van der Waals surface area contributed by atoms with Crippen LogP contribution in [0.5, 0.6) is 0 Å². The second-order valence-electron chi connectivity index (χ2n) is 2.16. The monoisotopic (exact) mass is 151 g/mol. The molecule has 0 spiro atoms. The van der Waals surface area contributed by atoms with Crippen LogP contribution < -0.4 is 0 Å². The molecule has 0 aliphatic carbocycles. The molecule has 1 aromatic carbocycles. The summed E-state index contributed by atoms with van der Waals surface area (Å²) in [5.41, 5.74) is 1.36. The molecule has 0 unspecified atom stereocenters. The van der Waals surface area contributed by atoms with E-state index in [0.717, 1.165) is 12.2 Å². The van der Waals surface area contributed by atoms with E-state index in [4.69, 9.17) is 0 Å². The maximum Gasteiger partial charge on any atom is -0.00633 e. The van der Waals surface area contributed by atoms with Gasteiger partial charge in [-0.3, -0.25) is 0 Å². The quantitative estimate of drug-likeness (QED) is 0.630. The van der Waals surface area contributed by atoms with Crippen molar-refractivity contribution in [3.05, 3.63) is 42.3 Å². The summed E-state index contributed by atoms with van der Waals surface area (Å²) < 4.78 is 0. The van der Waals surface area contributed by atoms with E-state index in [1.165, 1.54) is 5.56 Å². The summed E-state index contributed by atoms with van der Waals surface area (Å²) in [7, 11) is 0. The van der Waals surface area contributed by atoms with Crippen molar-refractivity contribution in [2.45, 2.75) is 6.42 Å². The molecule has 1 radical (unpaired) electrons. The van der Waals surface area contributed by atoms with E-state index in [0.29, 0.717) is 0 Å². The van der Waals surface area contributed by atoms with E-state index in [1.807, 2.05) is 6.07 Å². The minimum absolute atomic E-state index is 0.856. The van der Waals surface area contributed by atoms with Gasteiger partial charge in [0.05, 0.1) is 0 Å². The number of rotatable bonds is 3. The lowest BCUT2D eigenvalue weighted by Gasteiger charge is -1.95. The zero-order chi connectivity index (χ0) is 7.23. The lowest BCUT2D eigenvalue weighted by atomic mass is 10.1. The van der Waals surface area contributed by atoms with Crippen LogP contribution >= 0.6 is 12.6 Å². The molecule has 0 aliphatic heterocycles. The molecule has 53 valence electrons. The van der Waals surface area contributed by atoms with Crippen LogP contribution in [0.1, 0.15) is 5.56 Å². The Balaban J connectivity index is 2.43. The van der Waals surface area contributed by atoms with E-state index >= 15 is 0 Å². The molecule has 0 saturated carbocycles. The fourth-order valence-corrected chi connectivity index (χ4v) is 0.974. The molecule has 0 atom stereocenters. The standard InChI is InChI=1S/C9H11S/c10-8-4-7-9-5-2-1-3-6-9/h1-6,10H,7-8H2. The topological polar surface area (TPSA) is 0 Å². The van der Waals surface area contributed by atoms with Crippen LogP contribution in [0.15, 0.2) is 30.3 Å². The van der Waals surface area contributed by atoms with E-state index < -0.39 is 0 Å². The summed E-state index contributed by atoms with van der Waals surface area (Å²) in [6.45, 7) is 0. The van der Waals surface area contributed by atoms with Gasteiger partial charge in [-0.05, 0) is 24.2 Å². The van der Waals surface area contributed by atoms with Crippen molar-refractivity contribution < 1.29 is 0 Å². The molecule has 0 heterocycles. The highest BCUT2D eigenvalue weighted by Gasteiger charge is 1.88. The molecule has 0 aromatic heterocycles. The smallest absolute Gasteiger partial charge is 0.00633 e. The zero-order valence-corrected chi connectivity index (χ0v) is 6.72. The Hall–Kier alpha value is -0.430. The lowest BCUT2D eigenvalue weighted by molar-refractivity contribution is 1.15. The van der Waals surface area contributed by atoms with Crippen molar-refractivity contribution in [3.63, 3.8) is 0 Å². The normalized spacial score (nSPS) is 9.70. The van der Waals surface area contributed by atoms with Crippen molar-refractivity contribution in [1.29, 1.82) is 0 Å². The van der Waals surface area contributed by atoms with E-state index in [1.54, 1.807) is 0 Å². The molecule has 0 fully saturated rings. The van der Waals surface area contributed by atoms with Gasteiger partial charge in [0.2, 0.25) is 0 Å². The summed E-state index contributed by atoms with van der Waals surface area (Å²) in [6, 6.07) is 10.4. The maximum atomic E-state index is 4.10. The number of thiol groups is 1. The molecule has 1 aromatic rings. The summed E-state index contributed by atoms with van der Waals surface area (Å²) in [5.74, 6) is 0.856. The van der Waals surface area contributed by atoms with Gasteiger partial charge in [0, 0.05) is 0 Å². The van der Waals surface area contributed by atoms with Gasteiger partial charge in [-0.25, -0.2) is 0 Å². The average Bonchev–Trinajstić information content (AvgIpc) is 2.03. The van der Waals surface area contributed by atoms with Crippen molar-refractivity contribution in [1.82, 2.24) is 0 Å². The molecule has 1 rings (SSSR count). The SMILES string of the molecule is SC[CH]Cc1ccccc1. The highest BCUT2D eigenvalue weighted by atomic mass is 32.1. The fourth-order valence-electron chi connectivity index (χ4n) is 0.845. The second-order valence-corrected chi connectivity index (χ2v) is 2.53. The molecule has 0 aliphatic rings. The summed E-state index contributed by atoms with van der Waals surface area (Å²) in [4.78, 5) is 0. The second kappa shape index (κ2) is 4.40. The van der Waals surface area contributed by atoms with Crippen molar-refractivity contribution in [2.75, 3.05) is 5.75 Å². The highest BCUT2D eigenvalue weighted by Crippen LogP contribution is 2.01. The Morgan fingerprint density at radius 2 is 1.90 bits per heavy atom. The molecule has 0 bridgehead atoms. The van der Waals surface area contributed by atoms with Gasteiger partial charge < -0.3 is 0 Å². The highest BCUT2D eigenvalue weighted by molar-refractivity contribution is 7.80. The third-order valence-corrected chi connectivity index (χ3v) is 1.61. The van der Waals surface area contributed by atoms with Gasteiger partial charge in [-0.15, -0.1) is 0 Å². The van der Waals surface area contributed by atoms with Crippen LogP contribution in [0.3, 0.4) is 0 Å². The Morgan fingerprint density at radius 3 is 2.50 bits per heavy atom. The van der Waals surface area contributed by atoms with Crippen LogP contribution in [-0.2, 0) is 6.42 Å². The van der Waals surface area contributed by atoms with Gasteiger partial charge in [0.15, 0.2) is 0 Å². The predicted molar refractivity (Wildman–Crippen MR) is 48.3 cm³/mol. The average molecular weight is 151 g/mol. The minimum Gasteiger partial charge on any atom is -0.179 e. The van der Waals surface area contributed by atoms with E-state index in [2.05, 4.69) is 43.3 Å². The fraction of sp³-hybridized carbons (Fsp3) is 0.222. The van der Waals surface area contributed by atoms with Gasteiger partial charge in [0.25, 0.3) is 0 Å². The third-order valence-electron chi connectivity index (χ3n) is 1.35. The Labute approximate surface area is 67.7 Å². The van der Waals surface area contributed by atoms with Crippen molar-refractivity contribution >= 4 is 12.6 Å². The molecule has 10 heavy (non-hydrogen) atoms. The predicted octanol–water partition coefficient (Wildman–Crippen LogP) is 2.36. The van der Waals surface area contributed by atoms with Crippen LogP contribution in [0, 0.1) is 6.42 Å². The molecule has 0 N–H and O–H groups in total. The molecule has 0 saturated heterocycles. The van der Waals surface area contributed by atoms with Gasteiger partial charge in [-0.2, -0.15) is 12.6 Å². The van der Waals surface area contributed by atoms with E-state index in [9.17, 15) is 0 Å². The summed E-state index contributed by atoms with van der Waals surface area (Å²) in [5, 5.41) is 0. The van der Waals surface area contributed by atoms with Crippen LogP contribution in [0.25, 0.3) is 0 Å². The van der Waals surface area contributed by atoms with Crippen LogP contribution in [-0.4, -0.2) is 5.75 Å². The minimum atomic E-state index is 0.856. The first-order chi connectivity index (χ1) is 4.93. The zero-order valence-electron chi connectivity index (χ0n) is 5.83. The largest absolute Gasteiger partial charge is 0.179 e. The first-order valence-corrected chi connectivity index (χ1v) is 4.03. The lowest BCUT2D eigenvalue weighted by Crippen LogP contribution is -1.85. The van der Waals surface area contributed by atoms with Gasteiger partial charge in [-0.1, -0.05) is 30.3 Å². The Kier molecular flexibility index (Phi) is 3.37. The van der Waals surface area contributed by atoms with Crippen molar-refractivity contribution in [2.24, 2.45) is 0 Å². The first kappa shape index (κ1) is 7.67. The van der Waals surface area contributed by atoms with Crippen LogP contribution in [0.2, 0.25) is 0 Å². The number of hydrogen-bond donors (Lipinski definition) is 1. The van der Waals surface area contributed by atoms with E-state index in [-0.39, 0.29) is 0 Å². The Morgan fingerprint density at radius 1 is 1.20 bits per heavy atom. The van der Waals surface area contributed by atoms with Crippen molar-refractivity contribution in [3.8, 4) is 0 Å². The molecule has 0 nitrogen and oxygen atoms in total. The molecule has 0 amide bonds. The first-order valence-electron chi connectivity index (χ1n) is 3.40. The Bertz CT molecular complexity index is 169. The number of hydrogen-bond acceptors (Lipinski definition) is 1.